The zero-order valence-electron chi connectivity index (χ0n) is 21.4. The number of ether oxygens (including phenoxy) is 1. The first-order valence-electron chi connectivity index (χ1n) is 12.2. The summed E-state index contributed by atoms with van der Waals surface area (Å²) in [7, 11) is 3.73. The van der Waals surface area contributed by atoms with Gasteiger partial charge in [0.15, 0.2) is 0 Å². The molecule has 1 amide bonds. The predicted octanol–water partition coefficient (Wildman–Crippen LogP) is 3.47. The second kappa shape index (κ2) is 14.5. The average Bonchev–Trinajstić information content (AvgIpc) is 3.13. The number of anilines is 1. The number of carbonyl (C=O) groups is 2. The summed E-state index contributed by atoms with van der Waals surface area (Å²) in [5.41, 5.74) is 2.94. The fourth-order valence-corrected chi connectivity index (χ4v) is 4.52. The normalized spacial score (nSPS) is 13.1. The van der Waals surface area contributed by atoms with Crippen LogP contribution in [0, 0.1) is 5.92 Å². The second-order valence-electron chi connectivity index (χ2n) is 8.95. The summed E-state index contributed by atoms with van der Waals surface area (Å²) in [6.45, 7) is 7.48. The molecule has 8 nitrogen and oxygen atoms in total. The third-order valence-electron chi connectivity index (χ3n) is 5.95. The van der Waals surface area contributed by atoms with Crippen LogP contribution >= 0.6 is 23.2 Å². The molecular formula is C25H39Cl2N5O3. The molecule has 1 aromatic carbocycles. The Hall–Kier alpha value is -2.03. The average molecular weight is 529 g/mol. The van der Waals surface area contributed by atoms with Gasteiger partial charge < -0.3 is 24.8 Å². The summed E-state index contributed by atoms with van der Waals surface area (Å²) >= 11 is 11.9. The smallest absolute Gasteiger partial charge is 0.328 e. The molecule has 10 heteroatoms. The first-order chi connectivity index (χ1) is 16.7. The number of halogens is 2. The Labute approximate surface area is 218 Å². The highest BCUT2D eigenvalue weighted by Gasteiger charge is 2.27. The summed E-state index contributed by atoms with van der Waals surface area (Å²) in [5, 5.41) is 5.95. The van der Waals surface area contributed by atoms with Gasteiger partial charge in [-0.15, -0.1) is 23.2 Å². The molecule has 0 aliphatic carbocycles. The molecular weight excluding hydrogens is 489 g/mol. The van der Waals surface area contributed by atoms with Crippen molar-refractivity contribution in [2.45, 2.75) is 52.1 Å². The summed E-state index contributed by atoms with van der Waals surface area (Å²) in [5.74, 6) is 1.55. The number of fused-ring (bicyclic) bond motifs is 1. The Kier molecular flexibility index (Phi) is 12.1. The fourth-order valence-electron chi connectivity index (χ4n) is 4.11. The van der Waals surface area contributed by atoms with E-state index in [4.69, 9.17) is 32.9 Å². The van der Waals surface area contributed by atoms with Crippen LogP contribution in [0.15, 0.2) is 18.2 Å². The summed E-state index contributed by atoms with van der Waals surface area (Å²) in [4.78, 5) is 32.3. The molecule has 2 unspecified atom stereocenters. The zero-order chi connectivity index (χ0) is 26.0. The maximum atomic E-state index is 13.0. The number of hydrogen-bond donors (Lipinski definition) is 2. The SMILES string of the molecule is CCOC(=O)C(CC(C)C)NC(=O)C(CCc1nc2cc(N(CCCl)CCCl)ccc2n1C)NC. The summed E-state index contributed by atoms with van der Waals surface area (Å²) in [6, 6.07) is 5.04. The number of nitrogens with one attached hydrogen (secondary N) is 2. The lowest BCUT2D eigenvalue weighted by molar-refractivity contribution is -0.148. The molecule has 196 valence electrons. The highest BCUT2D eigenvalue weighted by molar-refractivity contribution is 6.18. The highest BCUT2D eigenvalue weighted by Crippen LogP contribution is 2.23. The van der Waals surface area contributed by atoms with E-state index in [2.05, 4.69) is 38.3 Å². The third-order valence-corrected chi connectivity index (χ3v) is 6.29. The van der Waals surface area contributed by atoms with Gasteiger partial charge in [-0.25, -0.2) is 9.78 Å². The molecule has 0 bridgehead atoms. The number of amides is 1. The van der Waals surface area contributed by atoms with E-state index in [0.717, 1.165) is 22.5 Å². The third kappa shape index (κ3) is 8.26. The van der Waals surface area contributed by atoms with Gasteiger partial charge in [0, 0.05) is 44.0 Å². The maximum absolute atomic E-state index is 13.0. The number of carbonyl (C=O) groups excluding carboxylic acids is 2. The summed E-state index contributed by atoms with van der Waals surface area (Å²) < 4.78 is 7.20. The Morgan fingerprint density at radius 2 is 1.86 bits per heavy atom. The number of imidazole rings is 1. The standard InChI is InChI=1S/C25H39Cl2N5O3/c1-6-35-25(34)21(15-17(2)3)30-24(33)19(28-4)8-10-23-29-20-16-18(7-9-22(20)31(23)5)32(13-11-26)14-12-27/h7,9,16-17,19,21,28H,6,8,10-15H2,1-5H3,(H,30,33). The van der Waals surface area contributed by atoms with Gasteiger partial charge in [0.25, 0.3) is 0 Å². The van der Waals surface area contributed by atoms with Gasteiger partial charge in [-0.05, 0) is 50.9 Å². The number of esters is 1. The van der Waals surface area contributed by atoms with E-state index in [0.29, 0.717) is 44.1 Å². The van der Waals surface area contributed by atoms with Crippen LogP contribution in [0.3, 0.4) is 0 Å². The van der Waals surface area contributed by atoms with Gasteiger partial charge in [0.05, 0.1) is 23.7 Å². The molecule has 2 atom stereocenters. The van der Waals surface area contributed by atoms with Crippen LogP contribution in [0.4, 0.5) is 5.69 Å². The van der Waals surface area contributed by atoms with Crippen molar-refractivity contribution in [3.8, 4) is 0 Å². The van der Waals surface area contributed by atoms with Gasteiger partial charge >= 0.3 is 5.97 Å². The van der Waals surface area contributed by atoms with E-state index in [1.807, 2.05) is 20.9 Å². The van der Waals surface area contributed by atoms with Crippen LogP contribution in [0.5, 0.6) is 0 Å². The van der Waals surface area contributed by atoms with Crippen molar-refractivity contribution >= 4 is 51.8 Å². The molecule has 2 rings (SSSR count). The van der Waals surface area contributed by atoms with Crippen molar-refractivity contribution in [2.24, 2.45) is 13.0 Å². The van der Waals surface area contributed by atoms with Crippen LogP contribution < -0.4 is 15.5 Å². The molecule has 2 N–H and O–H groups in total. The van der Waals surface area contributed by atoms with Gasteiger partial charge in [-0.2, -0.15) is 0 Å². The predicted molar refractivity (Wildman–Crippen MR) is 144 cm³/mol. The number of aryl methyl sites for hydroxylation is 2. The number of likely N-dealkylation sites (N-methyl/N-ethyl adjacent to an activating group) is 1. The number of alkyl halides is 2. The Morgan fingerprint density at radius 3 is 2.43 bits per heavy atom. The van der Waals surface area contributed by atoms with Gasteiger partial charge in [0.2, 0.25) is 5.91 Å². The lowest BCUT2D eigenvalue weighted by Gasteiger charge is -2.22. The van der Waals surface area contributed by atoms with Crippen molar-refractivity contribution in [2.75, 3.05) is 43.4 Å². The minimum absolute atomic E-state index is 0.218. The highest BCUT2D eigenvalue weighted by atomic mass is 35.5. The quantitative estimate of drug-likeness (QED) is 0.272. The molecule has 1 aromatic heterocycles. The fraction of sp³-hybridized carbons (Fsp3) is 0.640. The van der Waals surface area contributed by atoms with Gasteiger partial charge in [-0.1, -0.05) is 13.8 Å². The molecule has 35 heavy (non-hydrogen) atoms. The molecule has 0 saturated heterocycles. The first-order valence-corrected chi connectivity index (χ1v) is 13.3. The maximum Gasteiger partial charge on any atom is 0.328 e. The largest absolute Gasteiger partial charge is 0.464 e. The number of hydrogen-bond acceptors (Lipinski definition) is 6. The van der Waals surface area contributed by atoms with Crippen LogP contribution in [0.25, 0.3) is 11.0 Å². The van der Waals surface area contributed by atoms with E-state index in [1.54, 1.807) is 14.0 Å². The molecule has 0 spiro atoms. The van der Waals surface area contributed by atoms with Crippen LogP contribution in [-0.4, -0.2) is 72.0 Å². The van der Waals surface area contributed by atoms with Gasteiger partial charge in [0.1, 0.15) is 11.9 Å². The number of benzene rings is 1. The number of nitrogens with zero attached hydrogens (tertiary/aromatic N) is 3. The van der Waals surface area contributed by atoms with E-state index < -0.39 is 18.1 Å². The first kappa shape index (κ1) is 29.2. The van der Waals surface area contributed by atoms with Crippen molar-refractivity contribution in [3.63, 3.8) is 0 Å². The minimum atomic E-state index is -0.656. The zero-order valence-corrected chi connectivity index (χ0v) is 23.0. The van der Waals surface area contributed by atoms with E-state index in [1.165, 1.54) is 0 Å². The molecule has 0 saturated carbocycles. The lowest BCUT2D eigenvalue weighted by Crippen LogP contribution is -2.50. The van der Waals surface area contributed by atoms with Crippen molar-refractivity contribution in [3.05, 3.63) is 24.0 Å². The van der Waals surface area contributed by atoms with E-state index in [9.17, 15) is 9.59 Å². The molecule has 0 aliphatic rings. The van der Waals surface area contributed by atoms with Gasteiger partial charge in [-0.3, -0.25) is 4.79 Å². The summed E-state index contributed by atoms with van der Waals surface area (Å²) in [6.07, 6.45) is 1.66. The Balaban J connectivity index is 2.12. The minimum Gasteiger partial charge on any atom is -0.464 e. The van der Waals surface area contributed by atoms with Crippen molar-refractivity contribution < 1.29 is 14.3 Å². The molecule has 0 radical (unpaired) electrons. The topological polar surface area (TPSA) is 88.5 Å². The number of rotatable bonds is 15. The molecule has 1 heterocycles. The Bertz CT molecular complexity index is 960. The molecule has 0 aliphatic heterocycles. The Morgan fingerprint density at radius 1 is 1.17 bits per heavy atom. The number of aromatic nitrogens is 2. The monoisotopic (exact) mass is 527 g/mol. The van der Waals surface area contributed by atoms with E-state index in [-0.39, 0.29) is 18.4 Å². The van der Waals surface area contributed by atoms with Crippen molar-refractivity contribution in [1.82, 2.24) is 20.2 Å². The van der Waals surface area contributed by atoms with Crippen molar-refractivity contribution in [1.29, 1.82) is 0 Å². The van der Waals surface area contributed by atoms with Crippen LogP contribution in [-0.2, 0) is 27.8 Å². The second-order valence-corrected chi connectivity index (χ2v) is 9.70. The molecule has 0 fully saturated rings. The molecule has 2 aromatic rings. The van der Waals surface area contributed by atoms with Crippen LogP contribution in [0.1, 0.15) is 39.4 Å². The van der Waals surface area contributed by atoms with Crippen LogP contribution in [0.2, 0.25) is 0 Å². The lowest BCUT2D eigenvalue weighted by atomic mass is 10.0. The van der Waals surface area contributed by atoms with E-state index >= 15 is 0 Å².